The van der Waals surface area contributed by atoms with E-state index in [4.69, 9.17) is 26.4 Å². The van der Waals surface area contributed by atoms with Crippen LogP contribution >= 0.6 is 24.0 Å². The lowest BCUT2D eigenvalue weighted by Gasteiger charge is -2.09. The van der Waals surface area contributed by atoms with Gasteiger partial charge >= 0.3 is 0 Å². The Morgan fingerprint density at radius 3 is 2.32 bits per heavy atom. The average molecular weight is 416 g/mol. The number of carbonyl (C=O) groups excluding carboxylic acids is 1. The van der Waals surface area contributed by atoms with Crippen LogP contribution in [-0.2, 0) is 4.79 Å². The first kappa shape index (κ1) is 20.2. The zero-order valence-electron chi connectivity index (χ0n) is 15.7. The van der Waals surface area contributed by atoms with Crippen LogP contribution in [0.15, 0.2) is 53.4 Å². The first-order valence-electron chi connectivity index (χ1n) is 8.78. The molecule has 0 N–H and O–H groups in total. The highest BCUT2D eigenvalue weighted by atomic mass is 32.2. The van der Waals surface area contributed by atoms with Crippen molar-refractivity contribution >= 4 is 40.3 Å². The highest BCUT2D eigenvalue weighted by Gasteiger charge is 2.28. The van der Waals surface area contributed by atoms with Gasteiger partial charge in [0.1, 0.15) is 21.6 Å². The van der Waals surface area contributed by atoms with E-state index in [1.807, 2.05) is 54.6 Å². The number of thioether (sulfide) groups is 1. The summed E-state index contributed by atoms with van der Waals surface area (Å²) in [5, 5.41) is 0. The summed E-state index contributed by atoms with van der Waals surface area (Å²) in [6.45, 7) is 1.08. The number of hydrogen-bond donors (Lipinski definition) is 0. The van der Waals surface area contributed by atoms with Crippen LogP contribution in [0.1, 0.15) is 12.0 Å². The van der Waals surface area contributed by atoms with E-state index in [0.29, 0.717) is 22.4 Å². The molecule has 0 bridgehead atoms. The maximum Gasteiger partial charge on any atom is 0.265 e. The Hall–Kier alpha value is -2.51. The molecule has 0 atom stereocenters. The second-order valence-corrected chi connectivity index (χ2v) is 7.72. The van der Waals surface area contributed by atoms with Gasteiger partial charge in [0.25, 0.3) is 5.91 Å². The summed E-state index contributed by atoms with van der Waals surface area (Å²) in [6.07, 6.45) is 2.58. The van der Waals surface area contributed by atoms with Crippen LogP contribution < -0.4 is 14.2 Å². The van der Waals surface area contributed by atoms with E-state index in [1.165, 1.54) is 16.7 Å². The molecule has 146 valence electrons. The molecule has 0 aromatic heterocycles. The summed E-state index contributed by atoms with van der Waals surface area (Å²) in [6, 6.07) is 15.1. The summed E-state index contributed by atoms with van der Waals surface area (Å²) >= 11 is 6.46. The molecule has 1 heterocycles. The van der Waals surface area contributed by atoms with Crippen molar-refractivity contribution < 1.29 is 19.0 Å². The number of amides is 1. The molecule has 7 heteroatoms. The topological polar surface area (TPSA) is 48.0 Å². The zero-order chi connectivity index (χ0) is 19.9. The second-order valence-electron chi connectivity index (χ2n) is 6.04. The molecule has 2 aromatic rings. The summed E-state index contributed by atoms with van der Waals surface area (Å²) in [7, 11) is 3.32. The van der Waals surface area contributed by atoms with Crippen molar-refractivity contribution in [3.05, 3.63) is 59.0 Å². The van der Waals surface area contributed by atoms with Gasteiger partial charge in [-0.2, -0.15) is 0 Å². The van der Waals surface area contributed by atoms with Gasteiger partial charge in [0.15, 0.2) is 0 Å². The highest BCUT2D eigenvalue weighted by molar-refractivity contribution is 8.26. The van der Waals surface area contributed by atoms with Gasteiger partial charge in [-0.3, -0.25) is 9.69 Å². The van der Waals surface area contributed by atoms with Crippen LogP contribution in [0.25, 0.3) is 6.08 Å². The predicted molar refractivity (Wildman–Crippen MR) is 116 cm³/mol. The lowest BCUT2D eigenvalue weighted by Crippen LogP contribution is -2.22. The molecule has 1 amide bonds. The summed E-state index contributed by atoms with van der Waals surface area (Å²) < 4.78 is 17.3. The van der Waals surface area contributed by atoms with Crippen molar-refractivity contribution in [1.82, 2.24) is 4.90 Å². The van der Waals surface area contributed by atoms with E-state index in [-0.39, 0.29) is 5.91 Å². The number of carbonyl (C=O) groups is 1. The molecule has 1 fully saturated rings. The number of nitrogens with zero attached hydrogens (tertiary/aromatic N) is 1. The van der Waals surface area contributed by atoms with Crippen molar-refractivity contribution in [3.8, 4) is 17.2 Å². The van der Waals surface area contributed by atoms with E-state index in [1.54, 1.807) is 14.2 Å². The third kappa shape index (κ3) is 5.27. The minimum absolute atomic E-state index is 0.0731. The number of hydrogen-bond acceptors (Lipinski definition) is 6. The molecule has 1 aliphatic heterocycles. The van der Waals surface area contributed by atoms with Crippen LogP contribution in [0.3, 0.4) is 0 Å². The minimum Gasteiger partial charge on any atom is -0.497 e. The first-order chi connectivity index (χ1) is 13.6. The van der Waals surface area contributed by atoms with Crippen molar-refractivity contribution in [1.29, 1.82) is 0 Å². The number of rotatable bonds is 8. The fourth-order valence-electron chi connectivity index (χ4n) is 2.52. The summed E-state index contributed by atoms with van der Waals surface area (Å²) in [4.78, 5) is 14.2. The Bertz CT molecular complexity index is 897. The largest absolute Gasteiger partial charge is 0.497 e. The second kappa shape index (κ2) is 9.61. The highest BCUT2D eigenvalue weighted by Crippen LogP contribution is 2.31. The van der Waals surface area contributed by atoms with Crippen LogP contribution in [0.4, 0.5) is 0 Å². The molecule has 0 unspecified atom stereocenters. The van der Waals surface area contributed by atoms with E-state index in [0.717, 1.165) is 29.2 Å². The van der Waals surface area contributed by atoms with Gasteiger partial charge in [-0.15, -0.1) is 0 Å². The van der Waals surface area contributed by atoms with Gasteiger partial charge in [-0.05, 0) is 35.9 Å². The number of methoxy groups -OCH3 is 1. The van der Waals surface area contributed by atoms with Gasteiger partial charge < -0.3 is 14.2 Å². The van der Waals surface area contributed by atoms with Crippen molar-refractivity contribution in [2.45, 2.75) is 6.42 Å². The number of benzene rings is 2. The molecule has 0 spiro atoms. The van der Waals surface area contributed by atoms with Gasteiger partial charge in [-0.25, -0.2) is 0 Å². The SMILES string of the molecule is COc1cccc(OCCCOc2cccc(/C=C3/SC(=S)N(C)C3=O)c2)c1. The predicted octanol–water partition coefficient (Wildman–Crippen LogP) is 4.37. The molecule has 5 nitrogen and oxygen atoms in total. The van der Waals surface area contributed by atoms with E-state index in [9.17, 15) is 4.79 Å². The molecular formula is C21H21NO4S2. The molecule has 0 radical (unpaired) electrons. The molecule has 0 saturated carbocycles. The lowest BCUT2D eigenvalue weighted by molar-refractivity contribution is -0.121. The molecule has 28 heavy (non-hydrogen) atoms. The maximum absolute atomic E-state index is 12.1. The smallest absolute Gasteiger partial charge is 0.265 e. The molecule has 3 rings (SSSR count). The number of likely N-dealkylation sites (N-methyl/N-ethyl adjacent to an activating group) is 1. The standard InChI is InChI=1S/C21H21NO4S2/c1-22-20(23)19(28-21(22)27)13-15-6-3-8-17(12-15)25-10-5-11-26-18-9-4-7-16(14-18)24-2/h3-4,6-9,12-14H,5,10-11H2,1-2H3/b19-13+. The van der Waals surface area contributed by atoms with Crippen LogP contribution in [0.2, 0.25) is 0 Å². The van der Waals surface area contributed by atoms with Gasteiger partial charge in [0, 0.05) is 19.5 Å². The third-order valence-electron chi connectivity index (χ3n) is 4.01. The Kier molecular flexibility index (Phi) is 6.95. The van der Waals surface area contributed by atoms with Crippen molar-refractivity contribution in [2.75, 3.05) is 27.4 Å². The van der Waals surface area contributed by atoms with E-state index in [2.05, 4.69) is 0 Å². The lowest BCUT2D eigenvalue weighted by atomic mass is 10.2. The molecule has 0 aliphatic carbocycles. The first-order valence-corrected chi connectivity index (χ1v) is 10.0. The van der Waals surface area contributed by atoms with E-state index < -0.39 is 0 Å². The van der Waals surface area contributed by atoms with Gasteiger partial charge in [0.2, 0.25) is 0 Å². The Balaban J connectivity index is 1.48. The normalized spacial score (nSPS) is 15.2. The Morgan fingerprint density at radius 1 is 1.04 bits per heavy atom. The Morgan fingerprint density at radius 2 is 1.68 bits per heavy atom. The van der Waals surface area contributed by atoms with Crippen molar-refractivity contribution in [3.63, 3.8) is 0 Å². The maximum atomic E-state index is 12.1. The monoisotopic (exact) mass is 415 g/mol. The van der Waals surface area contributed by atoms with Crippen LogP contribution in [-0.4, -0.2) is 42.5 Å². The fourth-order valence-corrected chi connectivity index (χ4v) is 3.70. The number of ether oxygens (including phenoxy) is 3. The molecular weight excluding hydrogens is 394 g/mol. The summed E-state index contributed by atoms with van der Waals surface area (Å²) in [5.41, 5.74) is 0.902. The zero-order valence-corrected chi connectivity index (χ0v) is 17.3. The minimum atomic E-state index is -0.0731. The number of thiocarbonyl (C=S) groups is 1. The molecule has 2 aromatic carbocycles. The Labute approximate surface area is 174 Å². The van der Waals surface area contributed by atoms with Gasteiger partial charge in [0.05, 0.1) is 25.2 Å². The van der Waals surface area contributed by atoms with Gasteiger partial charge in [-0.1, -0.05) is 42.2 Å². The quantitative estimate of drug-likeness (QED) is 0.362. The third-order valence-corrected chi connectivity index (χ3v) is 5.49. The molecule has 1 saturated heterocycles. The van der Waals surface area contributed by atoms with E-state index >= 15 is 0 Å². The summed E-state index contributed by atoms with van der Waals surface area (Å²) in [5.74, 6) is 2.22. The fraction of sp³-hybridized carbons (Fsp3) is 0.238. The molecule has 1 aliphatic rings. The van der Waals surface area contributed by atoms with Crippen molar-refractivity contribution in [2.24, 2.45) is 0 Å². The average Bonchev–Trinajstić information content (AvgIpc) is 2.95. The van der Waals surface area contributed by atoms with Crippen LogP contribution in [0, 0.1) is 0 Å². The van der Waals surface area contributed by atoms with Crippen LogP contribution in [0.5, 0.6) is 17.2 Å².